The molecule has 1 atom stereocenters. The minimum absolute atomic E-state index is 0.0226. The summed E-state index contributed by atoms with van der Waals surface area (Å²) in [4.78, 5) is 15.1. The van der Waals surface area contributed by atoms with Crippen molar-refractivity contribution in [2.24, 2.45) is 0 Å². The van der Waals surface area contributed by atoms with Crippen LogP contribution in [-0.2, 0) is 11.2 Å². The van der Waals surface area contributed by atoms with Crippen LogP contribution in [-0.4, -0.2) is 52.1 Å². The number of carbonyl (C=O) groups excluding carboxylic acids is 1. The van der Waals surface area contributed by atoms with Crippen molar-refractivity contribution in [1.82, 2.24) is 14.8 Å². The molecule has 0 aliphatic carbocycles. The second kappa shape index (κ2) is 9.62. The van der Waals surface area contributed by atoms with Crippen LogP contribution in [0.3, 0.4) is 0 Å². The van der Waals surface area contributed by atoms with Crippen LogP contribution in [0.25, 0.3) is 5.69 Å². The molecule has 0 N–H and O–H groups in total. The minimum Gasteiger partial charge on any atom is -0.378 e. The molecule has 4 rings (SSSR count). The molecule has 0 bridgehead atoms. The third kappa shape index (κ3) is 4.80. The highest BCUT2D eigenvalue weighted by atomic mass is 32.2. The lowest BCUT2D eigenvalue weighted by Crippen LogP contribution is -2.37. The first-order chi connectivity index (χ1) is 15.1. The Balaban J connectivity index is 1.64. The average molecular weight is 441 g/mol. The van der Waals surface area contributed by atoms with E-state index < -0.39 is 0 Å². The van der Waals surface area contributed by atoms with Crippen LogP contribution in [0.5, 0.6) is 0 Å². The molecule has 0 saturated carbocycles. The number of rotatable bonds is 7. The summed E-state index contributed by atoms with van der Waals surface area (Å²) in [5.41, 5.74) is 2.49. The number of aryl methyl sites for hydroxylation is 1. The lowest BCUT2D eigenvalue weighted by atomic mass is 10.1. The highest BCUT2D eigenvalue weighted by Crippen LogP contribution is 2.31. The Morgan fingerprint density at radius 2 is 1.90 bits per heavy atom. The average Bonchev–Trinajstić information content (AvgIpc) is 3.22. The quantitative estimate of drug-likeness (QED) is 0.406. The Labute approximate surface area is 185 Å². The first-order valence-corrected chi connectivity index (χ1v) is 11.3. The first-order valence-electron chi connectivity index (χ1n) is 10.4. The Kier molecular flexibility index (Phi) is 6.67. The molecule has 1 aromatic heterocycles. The van der Waals surface area contributed by atoms with Crippen LogP contribution in [0.1, 0.15) is 29.8 Å². The zero-order chi connectivity index (χ0) is 21.8. The van der Waals surface area contributed by atoms with E-state index in [1.54, 1.807) is 6.07 Å². The molecule has 0 spiro atoms. The topological polar surface area (TPSA) is 60.3 Å². The van der Waals surface area contributed by atoms with Gasteiger partial charge in [-0.2, -0.15) is 0 Å². The van der Waals surface area contributed by atoms with Gasteiger partial charge >= 0.3 is 0 Å². The summed E-state index contributed by atoms with van der Waals surface area (Å²) in [6.45, 7) is 6.50. The maximum absolute atomic E-state index is 14.0. The summed E-state index contributed by atoms with van der Waals surface area (Å²) in [7, 11) is 0. The van der Waals surface area contributed by atoms with E-state index in [4.69, 9.17) is 4.74 Å². The van der Waals surface area contributed by atoms with Gasteiger partial charge in [0.2, 0.25) is 5.95 Å². The van der Waals surface area contributed by atoms with E-state index in [-0.39, 0.29) is 16.9 Å². The van der Waals surface area contributed by atoms with Crippen molar-refractivity contribution in [3.05, 3.63) is 65.5 Å². The fourth-order valence-electron chi connectivity index (χ4n) is 3.50. The van der Waals surface area contributed by atoms with E-state index in [0.717, 1.165) is 6.42 Å². The summed E-state index contributed by atoms with van der Waals surface area (Å²) in [5.74, 6) is 0.313. The third-order valence-corrected chi connectivity index (χ3v) is 6.32. The molecule has 0 amide bonds. The molecule has 1 aliphatic rings. The van der Waals surface area contributed by atoms with Gasteiger partial charge in [-0.05, 0) is 37.1 Å². The van der Waals surface area contributed by atoms with Crippen LogP contribution in [0.2, 0.25) is 0 Å². The number of morpholine rings is 1. The number of ketones is 1. The molecule has 1 fully saturated rings. The molecule has 162 valence electrons. The molecule has 1 aliphatic heterocycles. The van der Waals surface area contributed by atoms with Crippen molar-refractivity contribution in [1.29, 1.82) is 0 Å². The highest BCUT2D eigenvalue weighted by Gasteiger charge is 2.25. The van der Waals surface area contributed by atoms with Crippen molar-refractivity contribution in [2.75, 3.05) is 31.2 Å². The molecular formula is C23H25FN4O2S. The van der Waals surface area contributed by atoms with E-state index >= 15 is 0 Å². The van der Waals surface area contributed by atoms with Gasteiger partial charge in [0.15, 0.2) is 10.9 Å². The Bertz CT molecular complexity index is 1050. The molecule has 2 aromatic carbocycles. The van der Waals surface area contributed by atoms with Crippen LogP contribution in [0.4, 0.5) is 10.3 Å². The van der Waals surface area contributed by atoms with Gasteiger partial charge in [0, 0.05) is 18.7 Å². The smallest absolute Gasteiger partial charge is 0.232 e. The fraction of sp³-hybridized carbons (Fsp3) is 0.348. The molecule has 6 nitrogen and oxygen atoms in total. The maximum Gasteiger partial charge on any atom is 0.232 e. The molecular weight excluding hydrogens is 415 g/mol. The SMILES string of the molecule is CCc1ccc(C(=O)C(C)Sc2nnc(N3CCOCC3)n2-c2cccc(F)c2)cc1. The summed E-state index contributed by atoms with van der Waals surface area (Å²) in [5, 5.41) is 8.92. The van der Waals surface area contributed by atoms with Gasteiger partial charge in [0.25, 0.3) is 0 Å². The van der Waals surface area contributed by atoms with Gasteiger partial charge in [-0.15, -0.1) is 10.2 Å². The largest absolute Gasteiger partial charge is 0.378 e. The summed E-state index contributed by atoms with van der Waals surface area (Å²) in [6, 6.07) is 14.0. The van der Waals surface area contributed by atoms with Crippen LogP contribution in [0.15, 0.2) is 53.7 Å². The monoisotopic (exact) mass is 440 g/mol. The van der Waals surface area contributed by atoms with E-state index in [1.165, 1.54) is 29.5 Å². The van der Waals surface area contributed by atoms with Crippen LogP contribution >= 0.6 is 11.8 Å². The molecule has 8 heteroatoms. The lowest BCUT2D eigenvalue weighted by molar-refractivity contribution is 0.0994. The van der Waals surface area contributed by atoms with Gasteiger partial charge in [-0.1, -0.05) is 49.0 Å². The zero-order valence-electron chi connectivity index (χ0n) is 17.6. The van der Waals surface area contributed by atoms with E-state index in [0.29, 0.717) is 48.7 Å². The van der Waals surface area contributed by atoms with Crippen LogP contribution < -0.4 is 4.90 Å². The molecule has 1 unspecified atom stereocenters. The van der Waals surface area contributed by atoms with Crippen molar-refractivity contribution >= 4 is 23.5 Å². The van der Waals surface area contributed by atoms with Gasteiger partial charge in [0.05, 0.1) is 24.2 Å². The fourth-order valence-corrected chi connectivity index (χ4v) is 4.44. The number of ether oxygens (including phenoxy) is 1. The number of anilines is 1. The number of carbonyl (C=O) groups is 1. The minimum atomic E-state index is -0.374. The van der Waals surface area contributed by atoms with E-state index in [9.17, 15) is 9.18 Å². The number of Topliss-reactive ketones (excluding diaryl/α,β-unsaturated/α-hetero) is 1. The number of halogens is 1. The van der Waals surface area contributed by atoms with Gasteiger partial charge in [0.1, 0.15) is 5.82 Å². The molecule has 1 saturated heterocycles. The van der Waals surface area contributed by atoms with Gasteiger partial charge in [-0.3, -0.25) is 9.36 Å². The van der Waals surface area contributed by atoms with E-state index in [2.05, 4.69) is 22.0 Å². The summed E-state index contributed by atoms with van der Waals surface area (Å²) in [6.07, 6.45) is 0.930. The number of thioether (sulfide) groups is 1. The Hall–Kier alpha value is -2.71. The standard InChI is InChI=1S/C23H25FN4O2S/c1-3-17-7-9-18(10-8-17)21(29)16(2)31-23-26-25-22(27-11-13-30-14-12-27)28(23)20-6-4-5-19(24)15-20/h4-10,15-16H,3,11-14H2,1-2H3. The lowest BCUT2D eigenvalue weighted by Gasteiger charge is -2.28. The second-order valence-corrected chi connectivity index (χ2v) is 8.68. The predicted octanol–water partition coefficient (Wildman–Crippen LogP) is 4.17. The zero-order valence-corrected chi connectivity index (χ0v) is 18.4. The third-order valence-electron chi connectivity index (χ3n) is 5.27. The predicted molar refractivity (Wildman–Crippen MR) is 120 cm³/mol. The van der Waals surface area contributed by atoms with Crippen molar-refractivity contribution < 1.29 is 13.9 Å². The molecule has 31 heavy (non-hydrogen) atoms. The number of benzene rings is 2. The van der Waals surface area contributed by atoms with Crippen molar-refractivity contribution in [3.63, 3.8) is 0 Å². The van der Waals surface area contributed by atoms with Crippen molar-refractivity contribution in [3.8, 4) is 5.69 Å². The number of nitrogens with zero attached hydrogens (tertiary/aromatic N) is 4. The van der Waals surface area contributed by atoms with Gasteiger partial charge < -0.3 is 9.64 Å². The molecule has 2 heterocycles. The van der Waals surface area contributed by atoms with Crippen molar-refractivity contribution in [2.45, 2.75) is 30.7 Å². The highest BCUT2D eigenvalue weighted by molar-refractivity contribution is 8.00. The number of aromatic nitrogens is 3. The van der Waals surface area contributed by atoms with E-state index in [1.807, 2.05) is 41.8 Å². The first kappa shape index (κ1) is 21.5. The number of hydrogen-bond acceptors (Lipinski definition) is 6. The Morgan fingerprint density at radius 3 is 2.58 bits per heavy atom. The van der Waals surface area contributed by atoms with Gasteiger partial charge in [-0.25, -0.2) is 4.39 Å². The summed E-state index contributed by atoms with van der Waals surface area (Å²) >= 11 is 1.33. The summed E-state index contributed by atoms with van der Waals surface area (Å²) < 4.78 is 21.3. The van der Waals surface area contributed by atoms with Crippen LogP contribution in [0, 0.1) is 5.82 Å². The Morgan fingerprint density at radius 1 is 1.16 bits per heavy atom. The maximum atomic E-state index is 14.0. The number of hydrogen-bond donors (Lipinski definition) is 0. The molecule has 3 aromatic rings. The second-order valence-electron chi connectivity index (χ2n) is 7.37. The normalized spacial score (nSPS) is 15.1. The molecule has 0 radical (unpaired) electrons.